The summed E-state index contributed by atoms with van der Waals surface area (Å²) in [6, 6.07) is 10.5. The second-order valence-electron chi connectivity index (χ2n) is 5.16. The van der Waals surface area contributed by atoms with E-state index in [1.54, 1.807) is 6.07 Å². The van der Waals surface area contributed by atoms with Gasteiger partial charge in [-0.15, -0.1) is 5.10 Å². The molecular formula is C15H18N8O2. The number of nitrogens with zero attached hydrogens (tertiary/aromatic N) is 5. The van der Waals surface area contributed by atoms with Crippen molar-refractivity contribution in [3.05, 3.63) is 42.7 Å². The van der Waals surface area contributed by atoms with E-state index in [4.69, 9.17) is 15.9 Å². The summed E-state index contributed by atoms with van der Waals surface area (Å²) in [4.78, 5) is 12.3. The van der Waals surface area contributed by atoms with Gasteiger partial charge in [0.05, 0.1) is 19.3 Å². The quantitative estimate of drug-likeness (QED) is 0.404. The molecule has 3 rings (SSSR count). The van der Waals surface area contributed by atoms with Crippen LogP contribution in [0.3, 0.4) is 0 Å². The SMILES string of the molecule is Nc1nc(Nc2ccccc2)nn1-c1cc(NC(CO)CO)ncn1. The molecule has 0 radical (unpaired) electrons. The Bertz CT molecular complexity index is 819. The Morgan fingerprint density at radius 1 is 1.12 bits per heavy atom. The number of hydrogen-bond donors (Lipinski definition) is 5. The first-order valence-electron chi connectivity index (χ1n) is 7.55. The molecule has 1 aromatic carbocycles. The van der Waals surface area contributed by atoms with Crippen LogP contribution in [-0.4, -0.2) is 54.2 Å². The van der Waals surface area contributed by atoms with Crippen molar-refractivity contribution in [1.82, 2.24) is 24.7 Å². The summed E-state index contributed by atoms with van der Waals surface area (Å²) in [6.45, 7) is -0.459. The molecular weight excluding hydrogens is 324 g/mol. The molecule has 0 unspecified atom stereocenters. The third-order valence-corrected chi connectivity index (χ3v) is 3.32. The lowest BCUT2D eigenvalue weighted by Gasteiger charge is -2.14. The molecule has 2 heterocycles. The van der Waals surface area contributed by atoms with Crippen molar-refractivity contribution < 1.29 is 10.2 Å². The fourth-order valence-corrected chi connectivity index (χ4v) is 2.10. The van der Waals surface area contributed by atoms with E-state index in [0.717, 1.165) is 5.69 Å². The molecule has 10 heteroatoms. The van der Waals surface area contributed by atoms with Crippen LogP contribution in [-0.2, 0) is 0 Å². The third kappa shape index (κ3) is 4.00. The first-order valence-corrected chi connectivity index (χ1v) is 7.55. The van der Waals surface area contributed by atoms with Gasteiger partial charge in [0.1, 0.15) is 12.1 Å². The van der Waals surface area contributed by atoms with Crippen molar-refractivity contribution in [2.75, 3.05) is 29.6 Å². The average Bonchev–Trinajstić information content (AvgIpc) is 3.01. The number of para-hydroxylation sites is 1. The lowest BCUT2D eigenvalue weighted by molar-refractivity contribution is 0.203. The first kappa shape index (κ1) is 16.6. The molecule has 0 saturated heterocycles. The molecule has 0 aliphatic carbocycles. The lowest BCUT2D eigenvalue weighted by atomic mass is 10.3. The van der Waals surface area contributed by atoms with Crippen LogP contribution in [0.5, 0.6) is 0 Å². The van der Waals surface area contributed by atoms with Crippen molar-refractivity contribution >= 4 is 23.4 Å². The van der Waals surface area contributed by atoms with Crippen LogP contribution in [0.15, 0.2) is 42.7 Å². The van der Waals surface area contributed by atoms with Gasteiger partial charge in [-0.3, -0.25) is 0 Å². The van der Waals surface area contributed by atoms with Gasteiger partial charge in [0.2, 0.25) is 11.9 Å². The zero-order valence-corrected chi connectivity index (χ0v) is 13.2. The molecule has 0 aliphatic heterocycles. The number of anilines is 4. The van der Waals surface area contributed by atoms with Crippen molar-refractivity contribution in [1.29, 1.82) is 0 Å². The molecule has 2 aromatic heterocycles. The predicted molar refractivity (Wildman–Crippen MR) is 92.7 cm³/mol. The normalized spacial score (nSPS) is 10.8. The Balaban J connectivity index is 1.82. The van der Waals surface area contributed by atoms with E-state index in [2.05, 4.69) is 30.7 Å². The Labute approximate surface area is 143 Å². The number of nitrogens with two attached hydrogens (primary N) is 1. The highest BCUT2D eigenvalue weighted by Gasteiger charge is 2.12. The minimum absolute atomic E-state index is 0.156. The molecule has 130 valence electrons. The standard InChI is InChI=1S/C15H18N8O2/c16-14-21-15(20-10-4-2-1-3-5-10)22-23(14)13-6-12(17-9-18-13)19-11(7-24)8-25/h1-6,9,11,24-25H,7-8H2,(H,17,18,19)(H3,16,20,21,22). The average molecular weight is 342 g/mol. The number of aliphatic hydroxyl groups excluding tert-OH is 2. The Morgan fingerprint density at radius 2 is 1.88 bits per heavy atom. The smallest absolute Gasteiger partial charge is 0.248 e. The summed E-state index contributed by atoms with van der Waals surface area (Å²) < 4.78 is 1.37. The van der Waals surface area contributed by atoms with E-state index in [1.807, 2.05) is 30.3 Å². The Morgan fingerprint density at radius 3 is 2.60 bits per heavy atom. The van der Waals surface area contributed by atoms with Crippen molar-refractivity contribution in [3.8, 4) is 5.82 Å². The van der Waals surface area contributed by atoms with E-state index in [-0.39, 0.29) is 19.2 Å². The first-order chi connectivity index (χ1) is 12.2. The Kier molecular flexibility index (Phi) is 5.02. The summed E-state index contributed by atoms with van der Waals surface area (Å²) in [7, 11) is 0. The molecule has 0 atom stereocenters. The summed E-state index contributed by atoms with van der Waals surface area (Å²) in [5.74, 6) is 1.31. The van der Waals surface area contributed by atoms with Crippen molar-refractivity contribution in [2.45, 2.75) is 6.04 Å². The van der Waals surface area contributed by atoms with Gasteiger partial charge in [-0.2, -0.15) is 9.67 Å². The highest BCUT2D eigenvalue weighted by atomic mass is 16.3. The molecule has 0 amide bonds. The number of nitrogen functional groups attached to an aromatic ring is 1. The van der Waals surface area contributed by atoms with E-state index in [9.17, 15) is 0 Å². The molecule has 3 aromatic rings. The van der Waals surface area contributed by atoms with Crippen LogP contribution < -0.4 is 16.4 Å². The second-order valence-corrected chi connectivity index (χ2v) is 5.16. The number of nitrogens with one attached hydrogen (secondary N) is 2. The highest BCUT2D eigenvalue weighted by Crippen LogP contribution is 2.17. The number of benzene rings is 1. The fraction of sp³-hybridized carbons (Fsp3) is 0.200. The van der Waals surface area contributed by atoms with E-state index < -0.39 is 6.04 Å². The number of aliphatic hydroxyl groups is 2. The van der Waals surface area contributed by atoms with Crippen LogP contribution in [0.2, 0.25) is 0 Å². The van der Waals surface area contributed by atoms with E-state index in [0.29, 0.717) is 17.6 Å². The third-order valence-electron chi connectivity index (χ3n) is 3.32. The maximum atomic E-state index is 9.14. The summed E-state index contributed by atoms with van der Waals surface area (Å²) in [5.41, 5.74) is 6.75. The van der Waals surface area contributed by atoms with Crippen molar-refractivity contribution in [3.63, 3.8) is 0 Å². The lowest BCUT2D eigenvalue weighted by Crippen LogP contribution is -2.28. The monoisotopic (exact) mass is 342 g/mol. The molecule has 6 N–H and O–H groups in total. The molecule has 0 spiro atoms. The maximum absolute atomic E-state index is 9.14. The van der Waals surface area contributed by atoms with Crippen LogP contribution in [0.25, 0.3) is 5.82 Å². The van der Waals surface area contributed by atoms with E-state index >= 15 is 0 Å². The predicted octanol–water partition coefficient (Wildman–Crippen LogP) is 0.148. The van der Waals surface area contributed by atoms with Crippen LogP contribution >= 0.6 is 0 Å². The van der Waals surface area contributed by atoms with E-state index in [1.165, 1.54) is 11.0 Å². The van der Waals surface area contributed by atoms with Crippen LogP contribution in [0, 0.1) is 0 Å². The van der Waals surface area contributed by atoms with Gasteiger partial charge in [0, 0.05) is 11.8 Å². The van der Waals surface area contributed by atoms with Gasteiger partial charge < -0.3 is 26.6 Å². The largest absolute Gasteiger partial charge is 0.394 e. The van der Waals surface area contributed by atoms with Gasteiger partial charge in [-0.05, 0) is 12.1 Å². The maximum Gasteiger partial charge on any atom is 0.248 e. The molecule has 0 saturated carbocycles. The zero-order chi connectivity index (χ0) is 17.6. The highest BCUT2D eigenvalue weighted by molar-refractivity contribution is 5.54. The van der Waals surface area contributed by atoms with Crippen LogP contribution in [0.4, 0.5) is 23.4 Å². The zero-order valence-electron chi connectivity index (χ0n) is 13.2. The van der Waals surface area contributed by atoms with Gasteiger partial charge in [-0.1, -0.05) is 18.2 Å². The number of hydrogen-bond acceptors (Lipinski definition) is 9. The molecule has 0 bridgehead atoms. The number of aromatic nitrogens is 5. The molecule has 0 fully saturated rings. The van der Waals surface area contributed by atoms with Gasteiger partial charge in [-0.25, -0.2) is 9.97 Å². The summed E-state index contributed by atoms with van der Waals surface area (Å²) in [6.07, 6.45) is 1.33. The summed E-state index contributed by atoms with van der Waals surface area (Å²) in [5, 5.41) is 28.5. The minimum atomic E-state index is -0.522. The topological polar surface area (TPSA) is 147 Å². The van der Waals surface area contributed by atoms with Gasteiger partial charge in [0.15, 0.2) is 5.82 Å². The van der Waals surface area contributed by atoms with Gasteiger partial charge >= 0.3 is 0 Å². The fourth-order valence-electron chi connectivity index (χ4n) is 2.10. The summed E-state index contributed by atoms with van der Waals surface area (Å²) >= 11 is 0. The van der Waals surface area contributed by atoms with Crippen molar-refractivity contribution in [2.24, 2.45) is 0 Å². The molecule has 0 aliphatic rings. The second kappa shape index (κ2) is 7.55. The number of rotatable bonds is 7. The Hall–Kier alpha value is -3.24. The van der Waals surface area contributed by atoms with Gasteiger partial charge in [0.25, 0.3) is 0 Å². The minimum Gasteiger partial charge on any atom is -0.394 e. The molecule has 10 nitrogen and oxygen atoms in total. The van der Waals surface area contributed by atoms with Crippen LogP contribution in [0.1, 0.15) is 0 Å². The molecule has 25 heavy (non-hydrogen) atoms.